The highest BCUT2D eigenvalue weighted by Gasteiger charge is 2.54. The van der Waals surface area contributed by atoms with Gasteiger partial charge in [-0.1, -0.05) is 6.07 Å². The molecule has 2 fully saturated rings. The molecular formula is C20H23N5O. The fraction of sp³-hybridized carbons (Fsp3) is 0.450. The summed E-state index contributed by atoms with van der Waals surface area (Å²) in [6, 6.07) is 6.39. The summed E-state index contributed by atoms with van der Waals surface area (Å²) in [4.78, 5) is 12.7. The van der Waals surface area contributed by atoms with Crippen LogP contribution in [0.3, 0.4) is 0 Å². The molecule has 26 heavy (non-hydrogen) atoms. The van der Waals surface area contributed by atoms with Gasteiger partial charge in [0.1, 0.15) is 17.8 Å². The fourth-order valence-corrected chi connectivity index (χ4v) is 5.22. The van der Waals surface area contributed by atoms with Crippen LogP contribution in [0, 0.1) is 11.3 Å². The van der Waals surface area contributed by atoms with Crippen LogP contribution in [0.5, 0.6) is 0 Å². The number of hydrogen-bond donors (Lipinski definition) is 2. The minimum atomic E-state index is -0.241. The Morgan fingerprint density at radius 2 is 2.12 bits per heavy atom. The zero-order chi connectivity index (χ0) is 17.7. The second-order valence-corrected chi connectivity index (χ2v) is 8.03. The second kappa shape index (κ2) is 5.77. The number of nitrogens with zero attached hydrogens (tertiary/aromatic N) is 4. The van der Waals surface area contributed by atoms with Crippen LogP contribution in [0.1, 0.15) is 37.3 Å². The van der Waals surface area contributed by atoms with E-state index in [0.717, 1.165) is 43.1 Å². The van der Waals surface area contributed by atoms with E-state index in [1.54, 1.807) is 0 Å². The molecule has 0 amide bonds. The molecule has 2 atom stereocenters. The van der Waals surface area contributed by atoms with Gasteiger partial charge in [0.25, 0.3) is 0 Å². The van der Waals surface area contributed by atoms with Crippen LogP contribution in [0.15, 0.2) is 43.1 Å². The molecule has 6 nitrogen and oxygen atoms in total. The van der Waals surface area contributed by atoms with Gasteiger partial charge in [0.15, 0.2) is 0 Å². The van der Waals surface area contributed by atoms with Gasteiger partial charge in [-0.15, -0.1) is 0 Å². The van der Waals surface area contributed by atoms with Gasteiger partial charge in [0.05, 0.1) is 11.5 Å². The second-order valence-electron chi connectivity index (χ2n) is 8.03. The topological polar surface area (TPSA) is 89.8 Å². The molecular weight excluding hydrogens is 326 g/mol. The standard InChI is InChI=1S/C20H23N5O/c21-18-16-3-5-25(19(16)24-12-23-18)15-7-17(26)20(10-15)8-14(9-20)6-13-2-1-4-22-11-13/h1-5,11-12,14-15,17,26H,6-10H2,(H2,21,23,24)/t14?,15-,17-,20?/m0/s1. The molecule has 2 aliphatic carbocycles. The number of fused-ring (bicyclic) bond motifs is 1. The molecule has 2 aliphatic rings. The van der Waals surface area contributed by atoms with Gasteiger partial charge in [-0.3, -0.25) is 4.98 Å². The molecule has 0 saturated heterocycles. The Morgan fingerprint density at radius 3 is 2.92 bits per heavy atom. The largest absolute Gasteiger partial charge is 0.392 e. The Kier molecular flexibility index (Phi) is 3.50. The number of anilines is 1. The Labute approximate surface area is 152 Å². The van der Waals surface area contributed by atoms with E-state index >= 15 is 0 Å². The van der Waals surface area contributed by atoms with Gasteiger partial charge >= 0.3 is 0 Å². The van der Waals surface area contributed by atoms with E-state index in [0.29, 0.717) is 11.7 Å². The monoisotopic (exact) mass is 349 g/mol. The number of hydrogen-bond acceptors (Lipinski definition) is 5. The smallest absolute Gasteiger partial charge is 0.145 e. The Bertz CT molecular complexity index is 932. The number of rotatable bonds is 3. The SMILES string of the molecule is Nc1ncnc2c1ccn2[C@H]1C[C@H](O)C2(CC(Cc3cccnc3)C2)C1. The van der Waals surface area contributed by atoms with Crippen LogP contribution >= 0.6 is 0 Å². The normalized spacial score (nSPS) is 30.7. The van der Waals surface area contributed by atoms with E-state index in [2.05, 4.69) is 25.6 Å². The average Bonchev–Trinajstić information content (AvgIpc) is 3.18. The predicted molar refractivity (Wildman–Crippen MR) is 99.3 cm³/mol. The molecule has 0 aromatic carbocycles. The quantitative estimate of drug-likeness (QED) is 0.759. The summed E-state index contributed by atoms with van der Waals surface area (Å²) in [5.74, 6) is 1.16. The molecule has 0 radical (unpaired) electrons. The van der Waals surface area contributed by atoms with Crippen LogP contribution in [0.25, 0.3) is 11.0 Å². The van der Waals surface area contributed by atoms with Crippen LogP contribution in [-0.2, 0) is 6.42 Å². The van der Waals surface area contributed by atoms with Crippen molar-refractivity contribution in [3.8, 4) is 0 Å². The molecule has 0 aliphatic heterocycles. The van der Waals surface area contributed by atoms with Crippen LogP contribution in [0.2, 0.25) is 0 Å². The maximum Gasteiger partial charge on any atom is 0.145 e. The van der Waals surface area contributed by atoms with E-state index in [-0.39, 0.29) is 17.6 Å². The molecule has 3 N–H and O–H groups in total. The summed E-state index contributed by atoms with van der Waals surface area (Å²) in [6.45, 7) is 0. The minimum absolute atomic E-state index is 0.0622. The average molecular weight is 349 g/mol. The number of aliphatic hydroxyl groups is 1. The molecule has 0 bridgehead atoms. The lowest BCUT2D eigenvalue weighted by molar-refractivity contribution is -0.0467. The lowest BCUT2D eigenvalue weighted by atomic mass is 9.58. The van der Waals surface area contributed by atoms with E-state index in [4.69, 9.17) is 5.73 Å². The number of nitrogens with two attached hydrogens (primary N) is 1. The maximum atomic E-state index is 10.8. The van der Waals surface area contributed by atoms with Crippen molar-refractivity contribution in [3.05, 3.63) is 48.7 Å². The van der Waals surface area contributed by atoms with Crippen molar-refractivity contribution < 1.29 is 5.11 Å². The van der Waals surface area contributed by atoms with Crippen LogP contribution in [-0.4, -0.2) is 30.7 Å². The van der Waals surface area contributed by atoms with Crippen LogP contribution in [0.4, 0.5) is 5.82 Å². The van der Waals surface area contributed by atoms with Gasteiger partial charge in [0, 0.05) is 24.6 Å². The number of aliphatic hydroxyl groups excluding tert-OH is 1. The molecule has 6 heteroatoms. The Morgan fingerprint density at radius 1 is 1.23 bits per heavy atom. The molecule has 2 saturated carbocycles. The number of aromatic nitrogens is 4. The first-order valence-corrected chi connectivity index (χ1v) is 9.29. The first-order valence-electron chi connectivity index (χ1n) is 9.29. The number of nitrogen functional groups attached to an aromatic ring is 1. The summed E-state index contributed by atoms with van der Waals surface area (Å²) in [7, 11) is 0. The summed E-state index contributed by atoms with van der Waals surface area (Å²) in [5.41, 5.74) is 8.19. The summed E-state index contributed by atoms with van der Waals surface area (Å²) >= 11 is 0. The molecule has 0 unspecified atom stereocenters. The van der Waals surface area contributed by atoms with E-state index in [1.807, 2.05) is 30.7 Å². The Balaban J connectivity index is 1.32. The summed E-state index contributed by atoms with van der Waals surface area (Å²) < 4.78 is 2.18. The number of pyridine rings is 1. The van der Waals surface area contributed by atoms with Crippen molar-refractivity contribution in [2.45, 2.75) is 44.2 Å². The van der Waals surface area contributed by atoms with Gasteiger partial charge in [0.2, 0.25) is 0 Å². The third-order valence-electron chi connectivity index (χ3n) is 6.42. The lowest BCUT2D eigenvalue weighted by Crippen LogP contribution is -2.43. The lowest BCUT2D eigenvalue weighted by Gasteiger charge is -2.48. The maximum absolute atomic E-state index is 10.8. The highest BCUT2D eigenvalue weighted by molar-refractivity contribution is 5.86. The van der Waals surface area contributed by atoms with Crippen molar-refractivity contribution in [1.29, 1.82) is 0 Å². The summed E-state index contributed by atoms with van der Waals surface area (Å²) in [5, 5.41) is 11.7. The zero-order valence-corrected chi connectivity index (χ0v) is 14.6. The Hall–Kier alpha value is -2.47. The van der Waals surface area contributed by atoms with Crippen molar-refractivity contribution in [2.75, 3.05) is 5.73 Å². The molecule has 3 aromatic heterocycles. The van der Waals surface area contributed by atoms with Gasteiger partial charge in [-0.25, -0.2) is 9.97 Å². The van der Waals surface area contributed by atoms with Crippen molar-refractivity contribution in [2.24, 2.45) is 11.3 Å². The molecule has 3 heterocycles. The van der Waals surface area contributed by atoms with E-state index < -0.39 is 0 Å². The first kappa shape index (κ1) is 15.8. The first-order chi connectivity index (χ1) is 12.6. The molecule has 3 aromatic rings. The van der Waals surface area contributed by atoms with Crippen LogP contribution < -0.4 is 5.73 Å². The van der Waals surface area contributed by atoms with Gasteiger partial charge in [-0.2, -0.15) is 0 Å². The highest BCUT2D eigenvalue weighted by Crippen LogP contribution is 2.59. The van der Waals surface area contributed by atoms with Crippen molar-refractivity contribution in [3.63, 3.8) is 0 Å². The predicted octanol–water partition coefficient (Wildman–Crippen LogP) is 2.74. The third-order valence-corrected chi connectivity index (χ3v) is 6.42. The zero-order valence-electron chi connectivity index (χ0n) is 14.6. The van der Waals surface area contributed by atoms with Crippen molar-refractivity contribution in [1.82, 2.24) is 19.5 Å². The molecule has 5 rings (SSSR count). The van der Waals surface area contributed by atoms with E-state index in [9.17, 15) is 5.11 Å². The van der Waals surface area contributed by atoms with Crippen molar-refractivity contribution >= 4 is 16.9 Å². The van der Waals surface area contributed by atoms with Gasteiger partial charge in [-0.05, 0) is 61.1 Å². The fourth-order valence-electron chi connectivity index (χ4n) is 5.22. The summed E-state index contributed by atoms with van der Waals surface area (Å²) in [6.07, 6.45) is 12.1. The molecule has 1 spiro atoms. The van der Waals surface area contributed by atoms with E-state index in [1.165, 1.54) is 11.9 Å². The third kappa shape index (κ3) is 2.40. The highest BCUT2D eigenvalue weighted by atomic mass is 16.3. The van der Waals surface area contributed by atoms with Gasteiger partial charge < -0.3 is 15.4 Å². The minimum Gasteiger partial charge on any atom is -0.392 e. The molecule has 134 valence electrons.